The predicted octanol–water partition coefficient (Wildman–Crippen LogP) is 3.08. The van der Waals surface area contributed by atoms with Gasteiger partial charge in [0.2, 0.25) is 0 Å². The lowest BCUT2D eigenvalue weighted by Crippen LogP contribution is -2.34. The molecule has 0 unspecified atom stereocenters. The number of rotatable bonds is 7. The summed E-state index contributed by atoms with van der Waals surface area (Å²) in [5.74, 6) is 0.753. The topological polar surface area (TPSA) is 107 Å². The molecule has 0 bridgehead atoms. The van der Waals surface area contributed by atoms with Crippen molar-refractivity contribution in [3.05, 3.63) is 34.7 Å². The van der Waals surface area contributed by atoms with Crippen molar-refractivity contribution in [1.82, 2.24) is 24.7 Å². The highest BCUT2D eigenvalue weighted by Gasteiger charge is 2.48. The summed E-state index contributed by atoms with van der Waals surface area (Å²) in [6.45, 7) is 1.61. The Morgan fingerprint density at radius 3 is 2.85 bits per heavy atom. The second kappa shape index (κ2) is 9.45. The zero-order valence-electron chi connectivity index (χ0n) is 19.0. The van der Waals surface area contributed by atoms with Crippen LogP contribution in [0.5, 0.6) is 6.01 Å². The number of fused-ring (bicyclic) bond motifs is 2. The van der Waals surface area contributed by atoms with Crippen LogP contribution in [0.15, 0.2) is 18.3 Å². The SMILES string of the molecule is O[C@@H]1CO[C@H]2[C@@H]1OC[C@H]2Oc1nc2nc(CCc3ccn(CC4CCCCC4)n3)c(Cl)cc2[nH]1. The quantitative estimate of drug-likeness (QED) is 0.527. The van der Waals surface area contributed by atoms with Crippen LogP contribution in [-0.4, -0.2) is 67.5 Å². The van der Waals surface area contributed by atoms with E-state index >= 15 is 0 Å². The lowest BCUT2D eigenvalue weighted by atomic mass is 9.89. The van der Waals surface area contributed by atoms with Gasteiger partial charge in [0.05, 0.1) is 35.1 Å². The molecule has 5 heterocycles. The van der Waals surface area contributed by atoms with Crippen molar-refractivity contribution in [2.75, 3.05) is 13.2 Å². The smallest absolute Gasteiger partial charge is 0.296 e. The van der Waals surface area contributed by atoms with Crippen molar-refractivity contribution in [3.63, 3.8) is 0 Å². The van der Waals surface area contributed by atoms with E-state index in [9.17, 15) is 5.11 Å². The van der Waals surface area contributed by atoms with Crippen LogP contribution >= 0.6 is 11.6 Å². The van der Waals surface area contributed by atoms with Crippen LogP contribution in [0.4, 0.5) is 0 Å². The molecule has 3 aromatic rings. The van der Waals surface area contributed by atoms with Crippen LogP contribution in [0.1, 0.15) is 43.5 Å². The maximum absolute atomic E-state index is 9.91. The summed E-state index contributed by atoms with van der Waals surface area (Å²) in [4.78, 5) is 12.3. The minimum atomic E-state index is -0.615. The van der Waals surface area contributed by atoms with Gasteiger partial charge in [0.25, 0.3) is 6.01 Å². The van der Waals surface area contributed by atoms with Crippen LogP contribution in [0.3, 0.4) is 0 Å². The highest BCUT2D eigenvalue weighted by Crippen LogP contribution is 2.30. The van der Waals surface area contributed by atoms with Crippen LogP contribution in [0, 0.1) is 5.92 Å². The number of aromatic amines is 1. The summed E-state index contributed by atoms with van der Waals surface area (Å²) in [5.41, 5.74) is 3.11. The number of ether oxygens (including phenoxy) is 3. The number of hydrogen-bond acceptors (Lipinski definition) is 7. The third-order valence-corrected chi connectivity index (χ3v) is 7.53. The van der Waals surface area contributed by atoms with Gasteiger partial charge in [-0.25, -0.2) is 4.98 Å². The number of aliphatic hydroxyl groups is 1. The van der Waals surface area contributed by atoms with E-state index in [4.69, 9.17) is 30.9 Å². The molecule has 0 aromatic carbocycles. The maximum Gasteiger partial charge on any atom is 0.296 e. The molecule has 0 radical (unpaired) electrons. The van der Waals surface area contributed by atoms with Crippen LogP contribution in [0.2, 0.25) is 5.02 Å². The molecule has 34 heavy (non-hydrogen) atoms. The Morgan fingerprint density at radius 1 is 1.12 bits per heavy atom. The number of aromatic nitrogens is 5. The van der Waals surface area contributed by atoms with E-state index in [1.54, 1.807) is 0 Å². The van der Waals surface area contributed by atoms with E-state index in [0.29, 0.717) is 35.2 Å². The summed E-state index contributed by atoms with van der Waals surface area (Å²) >= 11 is 6.53. The molecule has 2 N–H and O–H groups in total. The normalized spacial score (nSPS) is 27.5. The van der Waals surface area contributed by atoms with Gasteiger partial charge >= 0.3 is 0 Å². The van der Waals surface area contributed by atoms with Crippen molar-refractivity contribution in [3.8, 4) is 6.01 Å². The number of aliphatic hydroxyl groups excluding tert-OH is 1. The number of aryl methyl sites for hydroxylation is 2. The Morgan fingerprint density at radius 2 is 1.97 bits per heavy atom. The van der Waals surface area contributed by atoms with Crippen molar-refractivity contribution < 1.29 is 19.3 Å². The molecule has 3 fully saturated rings. The predicted molar refractivity (Wildman–Crippen MR) is 125 cm³/mol. The van der Waals surface area contributed by atoms with Gasteiger partial charge in [-0.1, -0.05) is 30.9 Å². The van der Waals surface area contributed by atoms with E-state index in [1.807, 2.05) is 6.07 Å². The fourth-order valence-corrected chi connectivity index (χ4v) is 5.62. The summed E-state index contributed by atoms with van der Waals surface area (Å²) in [6, 6.07) is 4.27. The molecule has 9 nitrogen and oxygen atoms in total. The monoisotopic (exact) mass is 487 g/mol. The molecule has 2 aliphatic heterocycles. The molecule has 0 amide bonds. The molecule has 6 rings (SSSR count). The summed E-state index contributed by atoms with van der Waals surface area (Å²) in [6.07, 6.45) is 8.64. The van der Waals surface area contributed by atoms with Crippen LogP contribution < -0.4 is 4.74 Å². The molecule has 0 spiro atoms. The third kappa shape index (κ3) is 4.54. The summed E-state index contributed by atoms with van der Waals surface area (Å²) < 4.78 is 19.3. The van der Waals surface area contributed by atoms with E-state index in [-0.39, 0.29) is 24.9 Å². The molecular formula is C24H30ClN5O4. The number of imidazole rings is 1. The number of nitrogens with one attached hydrogen (secondary N) is 1. The van der Waals surface area contributed by atoms with Gasteiger partial charge in [-0.15, -0.1) is 0 Å². The largest absolute Gasteiger partial charge is 0.456 e. The molecule has 1 aliphatic carbocycles. The molecule has 3 aliphatic rings. The average molecular weight is 488 g/mol. The lowest BCUT2D eigenvalue weighted by Gasteiger charge is -2.21. The van der Waals surface area contributed by atoms with Crippen molar-refractivity contribution >= 4 is 22.8 Å². The number of pyridine rings is 1. The summed E-state index contributed by atoms with van der Waals surface area (Å²) in [7, 11) is 0. The van der Waals surface area contributed by atoms with E-state index < -0.39 is 6.10 Å². The molecule has 2 saturated heterocycles. The number of nitrogens with zero attached hydrogens (tertiary/aromatic N) is 4. The first-order valence-corrected chi connectivity index (χ1v) is 12.7. The fraction of sp³-hybridized carbons (Fsp3) is 0.625. The Bertz CT molecular complexity index is 1140. The van der Waals surface area contributed by atoms with Gasteiger partial charge in [0.1, 0.15) is 18.3 Å². The van der Waals surface area contributed by atoms with Crippen LogP contribution in [0.25, 0.3) is 11.2 Å². The van der Waals surface area contributed by atoms with Gasteiger partial charge in [0.15, 0.2) is 11.8 Å². The Hall–Kier alpha value is -2.20. The van der Waals surface area contributed by atoms with Crippen molar-refractivity contribution in [2.24, 2.45) is 5.92 Å². The second-order valence-corrected chi connectivity index (χ2v) is 10.1. The van der Waals surface area contributed by atoms with Gasteiger partial charge in [-0.2, -0.15) is 10.1 Å². The molecular weight excluding hydrogens is 458 g/mol. The Labute approximate surface area is 202 Å². The third-order valence-electron chi connectivity index (χ3n) is 7.21. The highest BCUT2D eigenvalue weighted by molar-refractivity contribution is 6.31. The maximum atomic E-state index is 9.91. The first-order chi connectivity index (χ1) is 16.6. The number of hydrogen-bond donors (Lipinski definition) is 2. The Kier molecular flexibility index (Phi) is 6.19. The standard InChI is InChI=1S/C24H30ClN5O4/c25-16-10-18-23(28-24(27-18)34-20-13-33-21-19(31)12-32-22(20)21)26-17(16)7-6-15-8-9-30(29-15)11-14-4-2-1-3-5-14/h8-10,14,19-22,31H,1-7,11-13H2,(H,26,27,28)/t19-,20-,21-,22-/m1/s1. The van der Waals surface area contributed by atoms with Crippen molar-refractivity contribution in [1.29, 1.82) is 0 Å². The zero-order chi connectivity index (χ0) is 23.1. The number of halogens is 1. The molecule has 182 valence electrons. The van der Waals surface area contributed by atoms with Crippen molar-refractivity contribution in [2.45, 2.75) is 75.9 Å². The second-order valence-electron chi connectivity index (χ2n) is 9.68. The molecule has 1 saturated carbocycles. The molecule has 3 aromatic heterocycles. The van der Waals surface area contributed by atoms with E-state index in [0.717, 1.165) is 30.3 Å². The Balaban J connectivity index is 1.09. The number of H-pyrrole nitrogens is 1. The minimum absolute atomic E-state index is 0.259. The van der Waals surface area contributed by atoms with Crippen LogP contribution in [-0.2, 0) is 28.9 Å². The minimum Gasteiger partial charge on any atom is -0.456 e. The highest BCUT2D eigenvalue weighted by atomic mass is 35.5. The van der Waals surface area contributed by atoms with E-state index in [2.05, 4.69) is 31.9 Å². The molecule has 4 atom stereocenters. The summed E-state index contributed by atoms with van der Waals surface area (Å²) in [5, 5.41) is 15.3. The average Bonchev–Trinajstić information content (AvgIpc) is 3.60. The van der Waals surface area contributed by atoms with Gasteiger partial charge in [-0.3, -0.25) is 4.68 Å². The molecule has 10 heteroatoms. The lowest BCUT2D eigenvalue weighted by molar-refractivity contribution is 0.00706. The zero-order valence-corrected chi connectivity index (χ0v) is 19.8. The first-order valence-electron chi connectivity index (χ1n) is 12.3. The van der Waals surface area contributed by atoms with Gasteiger partial charge < -0.3 is 24.3 Å². The van der Waals surface area contributed by atoms with Gasteiger partial charge in [0, 0.05) is 12.7 Å². The first kappa shape index (κ1) is 22.3. The fourth-order valence-electron chi connectivity index (χ4n) is 5.37. The van der Waals surface area contributed by atoms with E-state index in [1.165, 1.54) is 32.1 Å². The van der Waals surface area contributed by atoms with Gasteiger partial charge in [-0.05, 0) is 43.7 Å².